The molecular weight excluding hydrogens is 216 g/mol. The summed E-state index contributed by atoms with van der Waals surface area (Å²) in [6, 6.07) is 8.10. The molecule has 17 heavy (non-hydrogen) atoms. The topological polar surface area (TPSA) is 60.7 Å². The summed E-state index contributed by atoms with van der Waals surface area (Å²) in [6.07, 6.45) is 0. The summed E-state index contributed by atoms with van der Waals surface area (Å²) in [7, 11) is 0. The fraction of sp³-hybridized carbons (Fsp3) is 0.143. The lowest BCUT2D eigenvalue weighted by Gasteiger charge is -2.13. The second-order valence-corrected chi connectivity index (χ2v) is 4.07. The van der Waals surface area contributed by atoms with Crippen molar-refractivity contribution in [3.8, 4) is 28.4 Å². The maximum absolute atomic E-state index is 9.89. The van der Waals surface area contributed by atoms with Gasteiger partial charge in [-0.1, -0.05) is 18.2 Å². The van der Waals surface area contributed by atoms with E-state index in [1.807, 2.05) is 19.9 Å². The minimum absolute atomic E-state index is 0.0917. The molecule has 0 saturated carbocycles. The summed E-state index contributed by atoms with van der Waals surface area (Å²) in [4.78, 5) is 0. The third-order valence-corrected chi connectivity index (χ3v) is 3.00. The molecule has 3 N–H and O–H groups in total. The maximum Gasteiger partial charge on any atom is 0.165 e. The van der Waals surface area contributed by atoms with Gasteiger partial charge in [0.15, 0.2) is 11.5 Å². The van der Waals surface area contributed by atoms with Gasteiger partial charge in [-0.3, -0.25) is 0 Å². The second-order valence-electron chi connectivity index (χ2n) is 4.07. The number of hydrogen-bond donors (Lipinski definition) is 3. The van der Waals surface area contributed by atoms with Crippen LogP contribution in [0.25, 0.3) is 11.1 Å². The molecule has 3 nitrogen and oxygen atoms in total. The lowest BCUT2D eigenvalue weighted by atomic mass is 9.95. The van der Waals surface area contributed by atoms with Crippen molar-refractivity contribution in [1.29, 1.82) is 0 Å². The zero-order chi connectivity index (χ0) is 12.6. The van der Waals surface area contributed by atoms with Crippen molar-refractivity contribution < 1.29 is 15.3 Å². The molecule has 3 heteroatoms. The van der Waals surface area contributed by atoms with Crippen LogP contribution in [0.1, 0.15) is 11.1 Å². The van der Waals surface area contributed by atoms with Gasteiger partial charge in [0.2, 0.25) is 0 Å². The van der Waals surface area contributed by atoms with Crippen LogP contribution in [0.2, 0.25) is 0 Å². The average molecular weight is 230 g/mol. The van der Waals surface area contributed by atoms with Gasteiger partial charge in [-0.2, -0.15) is 0 Å². The molecule has 0 aliphatic heterocycles. The van der Waals surface area contributed by atoms with E-state index in [1.54, 1.807) is 18.2 Å². The Bertz CT molecular complexity index is 574. The Labute approximate surface area is 99.6 Å². The normalized spacial score (nSPS) is 10.5. The molecule has 0 aromatic heterocycles. The molecule has 0 spiro atoms. The molecule has 0 aliphatic carbocycles. The number of para-hydroxylation sites is 1. The molecule has 0 atom stereocenters. The first-order valence-electron chi connectivity index (χ1n) is 5.33. The highest BCUT2D eigenvalue weighted by Crippen LogP contribution is 2.42. The third kappa shape index (κ3) is 1.80. The third-order valence-electron chi connectivity index (χ3n) is 3.00. The first-order chi connectivity index (χ1) is 8.02. The van der Waals surface area contributed by atoms with Crippen LogP contribution in [0, 0.1) is 13.8 Å². The number of benzene rings is 2. The first kappa shape index (κ1) is 11.3. The van der Waals surface area contributed by atoms with Crippen molar-refractivity contribution >= 4 is 0 Å². The number of rotatable bonds is 1. The Morgan fingerprint density at radius 2 is 1.53 bits per heavy atom. The van der Waals surface area contributed by atoms with Crippen LogP contribution in [-0.4, -0.2) is 15.3 Å². The molecule has 0 bridgehead atoms. The molecule has 0 fully saturated rings. The molecule has 0 saturated heterocycles. The van der Waals surface area contributed by atoms with Crippen LogP contribution in [0.4, 0.5) is 0 Å². The van der Waals surface area contributed by atoms with Gasteiger partial charge in [-0.15, -0.1) is 0 Å². The molecule has 0 heterocycles. The number of aromatic hydroxyl groups is 3. The lowest BCUT2D eigenvalue weighted by Crippen LogP contribution is -1.89. The predicted octanol–water partition coefficient (Wildman–Crippen LogP) is 3.09. The van der Waals surface area contributed by atoms with E-state index < -0.39 is 0 Å². The van der Waals surface area contributed by atoms with E-state index in [9.17, 15) is 15.3 Å². The van der Waals surface area contributed by atoms with E-state index in [0.29, 0.717) is 11.1 Å². The van der Waals surface area contributed by atoms with Crippen LogP contribution < -0.4 is 0 Å². The van der Waals surface area contributed by atoms with E-state index in [1.165, 1.54) is 6.07 Å². The number of phenols is 3. The molecule has 2 rings (SSSR count). The van der Waals surface area contributed by atoms with Gasteiger partial charge in [0, 0.05) is 11.1 Å². The van der Waals surface area contributed by atoms with Crippen LogP contribution in [0.15, 0.2) is 30.3 Å². The van der Waals surface area contributed by atoms with Crippen LogP contribution in [-0.2, 0) is 0 Å². The summed E-state index contributed by atoms with van der Waals surface area (Å²) >= 11 is 0. The molecule has 0 amide bonds. The van der Waals surface area contributed by atoms with Crippen LogP contribution >= 0.6 is 0 Å². The number of phenolic OH excluding ortho intramolecular Hbond substituents is 3. The zero-order valence-electron chi connectivity index (χ0n) is 9.73. The largest absolute Gasteiger partial charge is 0.507 e. The van der Waals surface area contributed by atoms with E-state index in [4.69, 9.17) is 0 Å². The fourth-order valence-electron chi connectivity index (χ4n) is 1.87. The van der Waals surface area contributed by atoms with E-state index >= 15 is 0 Å². The highest BCUT2D eigenvalue weighted by atomic mass is 16.3. The van der Waals surface area contributed by atoms with Gasteiger partial charge < -0.3 is 15.3 Å². The molecule has 0 aliphatic rings. The highest BCUT2D eigenvalue weighted by Gasteiger charge is 2.15. The molecule has 0 unspecified atom stereocenters. The van der Waals surface area contributed by atoms with Crippen molar-refractivity contribution in [3.05, 3.63) is 41.5 Å². The van der Waals surface area contributed by atoms with Gasteiger partial charge in [0.05, 0.1) is 0 Å². The lowest BCUT2D eigenvalue weighted by molar-refractivity contribution is 0.404. The van der Waals surface area contributed by atoms with E-state index in [-0.39, 0.29) is 17.2 Å². The Morgan fingerprint density at radius 1 is 0.824 bits per heavy atom. The summed E-state index contributed by atoms with van der Waals surface area (Å²) < 4.78 is 0. The second kappa shape index (κ2) is 4.01. The molecule has 0 radical (unpaired) electrons. The van der Waals surface area contributed by atoms with Crippen molar-refractivity contribution in [2.75, 3.05) is 0 Å². The SMILES string of the molecule is Cc1ccc(O)c(-c2cccc(O)c2O)c1C. The van der Waals surface area contributed by atoms with E-state index in [0.717, 1.165) is 11.1 Å². The number of aryl methyl sites for hydroxylation is 1. The summed E-state index contributed by atoms with van der Waals surface area (Å²) in [5.74, 6) is -0.312. The Hall–Kier alpha value is -2.16. The highest BCUT2D eigenvalue weighted by molar-refractivity contribution is 5.80. The zero-order valence-corrected chi connectivity index (χ0v) is 9.73. The average Bonchev–Trinajstić information content (AvgIpc) is 2.30. The van der Waals surface area contributed by atoms with Crippen molar-refractivity contribution in [2.45, 2.75) is 13.8 Å². The van der Waals surface area contributed by atoms with Crippen molar-refractivity contribution in [3.63, 3.8) is 0 Å². The van der Waals surface area contributed by atoms with Gasteiger partial charge in [-0.05, 0) is 37.1 Å². The maximum atomic E-state index is 9.89. The van der Waals surface area contributed by atoms with Gasteiger partial charge in [0.1, 0.15) is 5.75 Å². The van der Waals surface area contributed by atoms with Crippen molar-refractivity contribution in [1.82, 2.24) is 0 Å². The summed E-state index contributed by atoms with van der Waals surface area (Å²) in [5.41, 5.74) is 2.88. The minimum Gasteiger partial charge on any atom is -0.507 e. The van der Waals surface area contributed by atoms with E-state index in [2.05, 4.69) is 0 Å². The number of hydrogen-bond acceptors (Lipinski definition) is 3. The first-order valence-corrected chi connectivity index (χ1v) is 5.33. The minimum atomic E-state index is -0.212. The molecule has 88 valence electrons. The molecule has 2 aromatic rings. The smallest absolute Gasteiger partial charge is 0.165 e. The Kier molecular flexibility index (Phi) is 2.68. The van der Waals surface area contributed by atoms with Crippen LogP contribution in [0.5, 0.6) is 17.2 Å². The monoisotopic (exact) mass is 230 g/mol. The van der Waals surface area contributed by atoms with Gasteiger partial charge in [0.25, 0.3) is 0 Å². The summed E-state index contributed by atoms with van der Waals surface area (Å²) in [5, 5.41) is 29.2. The quantitative estimate of drug-likeness (QED) is 0.660. The fourth-order valence-corrected chi connectivity index (χ4v) is 1.87. The summed E-state index contributed by atoms with van der Waals surface area (Å²) in [6.45, 7) is 3.80. The Balaban J connectivity index is 2.77. The predicted molar refractivity (Wildman–Crippen MR) is 66.3 cm³/mol. The molecule has 2 aromatic carbocycles. The molecular formula is C14H14O3. The van der Waals surface area contributed by atoms with Gasteiger partial charge in [-0.25, -0.2) is 0 Å². The van der Waals surface area contributed by atoms with Gasteiger partial charge >= 0.3 is 0 Å². The van der Waals surface area contributed by atoms with Crippen LogP contribution in [0.3, 0.4) is 0 Å². The Morgan fingerprint density at radius 3 is 2.24 bits per heavy atom. The standard InChI is InChI=1S/C14H14O3/c1-8-6-7-11(15)13(9(8)2)10-4-3-5-12(16)14(10)17/h3-7,15-17H,1-2H3. The van der Waals surface area contributed by atoms with Crippen molar-refractivity contribution in [2.24, 2.45) is 0 Å².